The first-order chi connectivity index (χ1) is 7.28. The van der Waals surface area contributed by atoms with Gasteiger partial charge in [-0.2, -0.15) is 0 Å². The fourth-order valence-electron chi connectivity index (χ4n) is 3.77. The zero-order chi connectivity index (χ0) is 13.0. The van der Waals surface area contributed by atoms with Crippen molar-refractivity contribution in [3.05, 3.63) is 0 Å². The molecule has 1 aliphatic carbocycles. The molecule has 0 aliphatic heterocycles. The van der Waals surface area contributed by atoms with Crippen molar-refractivity contribution in [1.29, 1.82) is 0 Å². The minimum atomic E-state index is 0.557. The third-order valence-electron chi connectivity index (χ3n) is 4.23. The first kappa shape index (κ1) is 16.0. The molecule has 2 atom stereocenters. The fraction of sp³-hybridized carbons (Fsp3) is 1.00. The van der Waals surface area contributed by atoms with Gasteiger partial charge in [0.05, 0.1) is 0 Å². The lowest BCUT2D eigenvalue weighted by Crippen LogP contribution is -2.26. The van der Waals surface area contributed by atoms with Gasteiger partial charge in [-0.25, -0.2) is 0 Å². The number of rotatable bonds is 3. The van der Waals surface area contributed by atoms with Crippen LogP contribution in [0.5, 0.6) is 0 Å². The second-order valence-electron chi connectivity index (χ2n) is 6.89. The van der Waals surface area contributed by atoms with Crippen LogP contribution in [0.25, 0.3) is 0 Å². The van der Waals surface area contributed by atoms with E-state index in [-0.39, 0.29) is 0 Å². The molecule has 0 amide bonds. The van der Waals surface area contributed by atoms with Crippen LogP contribution in [0.2, 0.25) is 0 Å². The van der Waals surface area contributed by atoms with Crippen molar-refractivity contribution < 1.29 is 0 Å². The van der Waals surface area contributed by atoms with Crippen molar-refractivity contribution in [3.8, 4) is 0 Å². The summed E-state index contributed by atoms with van der Waals surface area (Å²) in [6, 6.07) is 0. The maximum atomic E-state index is 2.47. The number of hydrogen-bond donors (Lipinski definition) is 0. The van der Waals surface area contributed by atoms with E-state index in [2.05, 4.69) is 41.5 Å². The third-order valence-corrected chi connectivity index (χ3v) is 4.23. The molecule has 1 fully saturated rings. The van der Waals surface area contributed by atoms with E-state index in [9.17, 15) is 0 Å². The van der Waals surface area contributed by atoms with E-state index in [1.165, 1.54) is 25.7 Å². The van der Waals surface area contributed by atoms with Gasteiger partial charge in [0.15, 0.2) is 0 Å². The molecule has 0 N–H and O–H groups in total. The van der Waals surface area contributed by atoms with Crippen molar-refractivity contribution in [2.45, 2.75) is 81.1 Å². The molecule has 0 saturated heterocycles. The Kier molecular flexibility index (Phi) is 6.07. The van der Waals surface area contributed by atoms with Gasteiger partial charge in [-0.1, -0.05) is 61.8 Å². The summed E-state index contributed by atoms with van der Waals surface area (Å²) in [6.45, 7) is 18.6. The summed E-state index contributed by atoms with van der Waals surface area (Å²) in [5, 5.41) is 0. The van der Waals surface area contributed by atoms with Gasteiger partial charge >= 0.3 is 0 Å². The van der Waals surface area contributed by atoms with Gasteiger partial charge in [0, 0.05) is 0 Å². The van der Waals surface area contributed by atoms with E-state index >= 15 is 0 Å². The predicted molar refractivity (Wildman–Crippen MR) is 75.7 cm³/mol. The Morgan fingerprint density at radius 3 is 1.94 bits per heavy atom. The molecular weight excluding hydrogens is 192 g/mol. The lowest BCUT2D eigenvalue weighted by Gasteiger charge is -2.35. The van der Waals surface area contributed by atoms with Crippen LogP contribution in [0.15, 0.2) is 0 Å². The lowest BCUT2D eigenvalue weighted by molar-refractivity contribution is 0.151. The summed E-state index contributed by atoms with van der Waals surface area (Å²) in [5.41, 5.74) is 1.15. The second kappa shape index (κ2) is 6.07. The van der Waals surface area contributed by atoms with Gasteiger partial charge < -0.3 is 0 Å². The summed E-state index contributed by atoms with van der Waals surface area (Å²) in [7, 11) is 0. The van der Waals surface area contributed by atoms with Gasteiger partial charge in [0.2, 0.25) is 0 Å². The molecule has 0 aromatic carbocycles. The topological polar surface area (TPSA) is 0 Å². The van der Waals surface area contributed by atoms with E-state index in [0.29, 0.717) is 10.8 Å². The molecule has 1 rings (SSSR count). The highest BCUT2D eigenvalue weighted by Gasteiger charge is 2.43. The highest BCUT2D eigenvalue weighted by atomic mass is 14.5. The van der Waals surface area contributed by atoms with Crippen molar-refractivity contribution in [2.24, 2.45) is 22.7 Å². The summed E-state index contributed by atoms with van der Waals surface area (Å²) in [4.78, 5) is 0. The van der Waals surface area contributed by atoms with E-state index in [1.54, 1.807) is 0 Å². The maximum absolute atomic E-state index is 2.47. The summed E-state index contributed by atoms with van der Waals surface area (Å²) >= 11 is 0. The Bertz CT molecular complexity index is 188. The zero-order valence-electron chi connectivity index (χ0n) is 13.0. The molecule has 98 valence electrons. The normalized spacial score (nSPS) is 28.5. The van der Waals surface area contributed by atoms with Crippen molar-refractivity contribution in [1.82, 2.24) is 0 Å². The van der Waals surface area contributed by atoms with Crippen molar-refractivity contribution in [3.63, 3.8) is 0 Å². The van der Waals surface area contributed by atoms with E-state index in [1.807, 2.05) is 13.8 Å². The van der Waals surface area contributed by atoms with Crippen LogP contribution < -0.4 is 0 Å². The Morgan fingerprint density at radius 2 is 1.62 bits per heavy atom. The molecule has 0 radical (unpaired) electrons. The minimum absolute atomic E-state index is 0.557. The molecule has 0 nitrogen and oxygen atoms in total. The largest absolute Gasteiger partial charge is 0.0683 e. The van der Waals surface area contributed by atoms with Crippen molar-refractivity contribution >= 4 is 0 Å². The Labute approximate surface area is 104 Å². The third kappa shape index (κ3) is 4.11. The average Bonchev–Trinajstić information content (AvgIpc) is 2.44. The van der Waals surface area contributed by atoms with Gasteiger partial charge in [0.25, 0.3) is 0 Å². The lowest BCUT2D eigenvalue weighted by atomic mass is 9.70. The molecule has 0 heterocycles. The van der Waals surface area contributed by atoms with Crippen LogP contribution >= 0.6 is 0 Å². The van der Waals surface area contributed by atoms with Crippen LogP contribution in [0.3, 0.4) is 0 Å². The molecule has 1 aliphatic rings. The Morgan fingerprint density at radius 1 is 1.12 bits per heavy atom. The maximum Gasteiger partial charge on any atom is -0.0323 e. The molecule has 0 aromatic heterocycles. The SMILES string of the molecule is CC.CCCC(C)(C)C1CC(C)(C)CC1C. The summed E-state index contributed by atoms with van der Waals surface area (Å²) in [5.74, 6) is 1.86. The van der Waals surface area contributed by atoms with Crippen LogP contribution in [0.4, 0.5) is 0 Å². The smallest absolute Gasteiger partial charge is 0.0323 e. The quantitative estimate of drug-likeness (QED) is 0.561. The fourth-order valence-corrected chi connectivity index (χ4v) is 3.77. The standard InChI is InChI=1S/C14H28.C2H6/c1-7-8-14(5,6)12-10-13(3,4)9-11(12)2;1-2/h11-12H,7-10H2,1-6H3;1-2H3. The molecule has 1 saturated carbocycles. The Hall–Kier alpha value is 0. The molecule has 16 heavy (non-hydrogen) atoms. The average molecular weight is 226 g/mol. The highest BCUT2D eigenvalue weighted by molar-refractivity contribution is 4.93. The van der Waals surface area contributed by atoms with Gasteiger partial charge in [-0.15, -0.1) is 0 Å². The second-order valence-corrected chi connectivity index (χ2v) is 6.89. The van der Waals surface area contributed by atoms with Crippen LogP contribution in [-0.2, 0) is 0 Å². The summed E-state index contributed by atoms with van der Waals surface area (Å²) in [6.07, 6.45) is 5.57. The van der Waals surface area contributed by atoms with Gasteiger partial charge in [-0.3, -0.25) is 0 Å². The number of hydrogen-bond acceptors (Lipinski definition) is 0. The molecule has 0 heteroatoms. The first-order valence-corrected chi connectivity index (χ1v) is 7.28. The Balaban J connectivity index is 0.00000106. The van der Waals surface area contributed by atoms with Crippen LogP contribution in [-0.4, -0.2) is 0 Å². The zero-order valence-corrected chi connectivity index (χ0v) is 13.0. The van der Waals surface area contributed by atoms with Crippen LogP contribution in [0.1, 0.15) is 81.1 Å². The first-order valence-electron chi connectivity index (χ1n) is 7.28. The molecular formula is C16H34. The predicted octanol–water partition coefficient (Wildman–Crippen LogP) is 5.91. The van der Waals surface area contributed by atoms with Crippen LogP contribution in [0, 0.1) is 22.7 Å². The monoisotopic (exact) mass is 226 g/mol. The highest BCUT2D eigenvalue weighted by Crippen LogP contribution is 2.53. The van der Waals surface area contributed by atoms with Gasteiger partial charge in [0.1, 0.15) is 0 Å². The summed E-state index contributed by atoms with van der Waals surface area (Å²) < 4.78 is 0. The van der Waals surface area contributed by atoms with Gasteiger partial charge in [-0.05, 0) is 41.9 Å². The van der Waals surface area contributed by atoms with E-state index < -0.39 is 0 Å². The van der Waals surface area contributed by atoms with Crippen molar-refractivity contribution in [2.75, 3.05) is 0 Å². The molecule has 2 unspecified atom stereocenters. The van der Waals surface area contributed by atoms with E-state index in [0.717, 1.165) is 11.8 Å². The molecule has 0 spiro atoms. The molecule has 0 aromatic rings. The molecule has 0 bridgehead atoms. The van der Waals surface area contributed by atoms with E-state index in [4.69, 9.17) is 0 Å². The minimum Gasteiger partial charge on any atom is -0.0683 e.